The summed E-state index contributed by atoms with van der Waals surface area (Å²) >= 11 is 2.70. The Balaban J connectivity index is 1.86. The van der Waals surface area contributed by atoms with E-state index in [1.807, 2.05) is 0 Å². The quantitative estimate of drug-likeness (QED) is 0.427. The molecule has 1 nitrogen and oxygen atoms in total. The second-order valence-electron chi connectivity index (χ2n) is 5.15. The summed E-state index contributed by atoms with van der Waals surface area (Å²) in [6.45, 7) is 5.15. The van der Waals surface area contributed by atoms with E-state index in [0.717, 1.165) is 15.9 Å². The van der Waals surface area contributed by atoms with E-state index >= 15 is 0 Å². The van der Waals surface area contributed by atoms with Gasteiger partial charge in [-0.25, -0.2) is 0 Å². The number of alkyl halides is 1. The van der Waals surface area contributed by atoms with Gasteiger partial charge in [0.2, 0.25) is 0 Å². The smallest absolute Gasteiger partial charge is 0.0647 e. The van der Waals surface area contributed by atoms with Crippen molar-refractivity contribution in [3.63, 3.8) is 0 Å². The van der Waals surface area contributed by atoms with Gasteiger partial charge in [-0.3, -0.25) is 4.90 Å². The molecule has 3 unspecified atom stereocenters. The largest absolute Gasteiger partial charge is 0.291 e. The lowest BCUT2D eigenvalue weighted by Gasteiger charge is -2.35. The number of hydrogen-bond acceptors (Lipinski definition) is 1. The molecular formula is C12H22IN. The Bertz CT molecular complexity index is 177. The van der Waals surface area contributed by atoms with Crippen LogP contribution in [0.4, 0.5) is 0 Å². The summed E-state index contributed by atoms with van der Waals surface area (Å²) in [5, 5.41) is 0. The maximum absolute atomic E-state index is 2.71. The standard InChI is InChI=1S/C12H22IN/c1-10-5-4-6-11(9-10)12(13)14-7-2-3-8-14/h10-12H,2-9H2,1H3. The van der Waals surface area contributed by atoms with E-state index in [9.17, 15) is 0 Å². The molecule has 1 aliphatic heterocycles. The summed E-state index contributed by atoms with van der Waals surface area (Å²) in [6, 6.07) is 0. The lowest BCUT2D eigenvalue weighted by molar-refractivity contribution is 0.192. The maximum Gasteiger partial charge on any atom is 0.0647 e. The molecule has 2 rings (SSSR count). The molecule has 2 heteroatoms. The molecule has 2 fully saturated rings. The first kappa shape index (κ1) is 11.2. The fraction of sp³-hybridized carbons (Fsp3) is 1.00. The zero-order chi connectivity index (χ0) is 9.97. The van der Waals surface area contributed by atoms with Crippen LogP contribution in [-0.4, -0.2) is 22.0 Å². The van der Waals surface area contributed by atoms with Crippen LogP contribution < -0.4 is 0 Å². The molecule has 1 aliphatic carbocycles. The third kappa shape index (κ3) is 2.63. The van der Waals surface area contributed by atoms with Crippen LogP contribution in [0.3, 0.4) is 0 Å². The van der Waals surface area contributed by atoms with Gasteiger partial charge in [-0.05, 0) is 50.6 Å². The van der Waals surface area contributed by atoms with E-state index in [1.54, 1.807) is 0 Å². The van der Waals surface area contributed by atoms with Crippen LogP contribution in [0.2, 0.25) is 0 Å². The summed E-state index contributed by atoms with van der Waals surface area (Å²) < 4.78 is 0.831. The summed E-state index contributed by atoms with van der Waals surface area (Å²) in [6.07, 6.45) is 8.77. The van der Waals surface area contributed by atoms with E-state index in [1.165, 1.54) is 51.6 Å². The van der Waals surface area contributed by atoms with E-state index in [2.05, 4.69) is 34.4 Å². The Morgan fingerprint density at radius 3 is 2.50 bits per heavy atom. The SMILES string of the molecule is CC1CCCC(C(I)N2CCCC2)C1. The summed E-state index contributed by atoms with van der Waals surface area (Å²) in [5.41, 5.74) is 0. The van der Waals surface area contributed by atoms with Crippen molar-refractivity contribution in [2.45, 2.75) is 49.5 Å². The van der Waals surface area contributed by atoms with Crippen LogP contribution in [-0.2, 0) is 0 Å². The van der Waals surface area contributed by atoms with Gasteiger partial charge in [0.05, 0.1) is 4.05 Å². The summed E-state index contributed by atoms with van der Waals surface area (Å²) in [5.74, 6) is 1.96. The molecule has 0 amide bonds. The molecule has 0 aromatic heterocycles. The fourth-order valence-electron chi connectivity index (χ4n) is 3.02. The van der Waals surface area contributed by atoms with Gasteiger partial charge < -0.3 is 0 Å². The molecule has 0 N–H and O–H groups in total. The highest BCUT2D eigenvalue weighted by Gasteiger charge is 2.29. The Labute approximate surface area is 102 Å². The highest BCUT2D eigenvalue weighted by molar-refractivity contribution is 14.1. The monoisotopic (exact) mass is 307 g/mol. The van der Waals surface area contributed by atoms with Crippen molar-refractivity contribution in [3.05, 3.63) is 0 Å². The van der Waals surface area contributed by atoms with Crippen molar-refractivity contribution in [1.82, 2.24) is 4.90 Å². The van der Waals surface area contributed by atoms with E-state index in [4.69, 9.17) is 0 Å². The molecule has 1 saturated carbocycles. The molecular weight excluding hydrogens is 285 g/mol. The molecule has 1 saturated heterocycles. The molecule has 0 radical (unpaired) electrons. The minimum Gasteiger partial charge on any atom is -0.291 e. The van der Waals surface area contributed by atoms with Crippen molar-refractivity contribution in [2.75, 3.05) is 13.1 Å². The predicted molar refractivity (Wildman–Crippen MR) is 69.7 cm³/mol. The number of hydrogen-bond donors (Lipinski definition) is 0. The average molecular weight is 307 g/mol. The second-order valence-corrected chi connectivity index (χ2v) is 6.42. The topological polar surface area (TPSA) is 3.24 Å². The molecule has 0 aromatic carbocycles. The average Bonchev–Trinajstić information content (AvgIpc) is 2.69. The molecule has 2 aliphatic rings. The number of halogens is 1. The van der Waals surface area contributed by atoms with Crippen LogP contribution in [0.15, 0.2) is 0 Å². The lowest BCUT2D eigenvalue weighted by atomic mass is 9.82. The van der Waals surface area contributed by atoms with Crippen LogP contribution in [0.25, 0.3) is 0 Å². The zero-order valence-corrected chi connectivity index (χ0v) is 11.4. The molecule has 1 heterocycles. The molecule has 0 spiro atoms. The Kier molecular flexibility index (Phi) is 4.11. The highest BCUT2D eigenvalue weighted by atomic mass is 127. The first-order chi connectivity index (χ1) is 6.77. The zero-order valence-electron chi connectivity index (χ0n) is 9.21. The van der Waals surface area contributed by atoms with Gasteiger partial charge in [-0.15, -0.1) is 0 Å². The molecule has 14 heavy (non-hydrogen) atoms. The minimum atomic E-state index is 0.831. The third-order valence-corrected chi connectivity index (χ3v) is 5.66. The Morgan fingerprint density at radius 1 is 1.14 bits per heavy atom. The van der Waals surface area contributed by atoms with Crippen LogP contribution >= 0.6 is 22.6 Å². The van der Waals surface area contributed by atoms with Crippen LogP contribution in [0.5, 0.6) is 0 Å². The van der Waals surface area contributed by atoms with Gasteiger partial charge in [0.15, 0.2) is 0 Å². The normalized spacial score (nSPS) is 37.3. The molecule has 3 atom stereocenters. The number of nitrogens with zero attached hydrogens (tertiary/aromatic N) is 1. The van der Waals surface area contributed by atoms with E-state index in [-0.39, 0.29) is 0 Å². The minimum absolute atomic E-state index is 0.831. The third-order valence-electron chi connectivity index (χ3n) is 3.86. The van der Waals surface area contributed by atoms with Crippen molar-refractivity contribution >= 4 is 22.6 Å². The maximum atomic E-state index is 2.71. The van der Waals surface area contributed by atoms with Crippen LogP contribution in [0, 0.1) is 11.8 Å². The van der Waals surface area contributed by atoms with Crippen LogP contribution in [0.1, 0.15) is 45.4 Å². The molecule has 0 bridgehead atoms. The molecule has 0 aromatic rings. The van der Waals surface area contributed by atoms with Gasteiger partial charge in [-0.1, -0.05) is 42.4 Å². The molecule has 82 valence electrons. The Morgan fingerprint density at radius 2 is 1.86 bits per heavy atom. The van der Waals surface area contributed by atoms with Crippen molar-refractivity contribution in [2.24, 2.45) is 11.8 Å². The second kappa shape index (κ2) is 5.15. The van der Waals surface area contributed by atoms with Gasteiger partial charge in [0, 0.05) is 0 Å². The van der Waals surface area contributed by atoms with Crippen molar-refractivity contribution < 1.29 is 0 Å². The first-order valence-corrected chi connectivity index (χ1v) is 7.40. The van der Waals surface area contributed by atoms with Gasteiger partial charge in [0.25, 0.3) is 0 Å². The first-order valence-electron chi connectivity index (χ1n) is 6.15. The Hall–Kier alpha value is 0.690. The van der Waals surface area contributed by atoms with E-state index in [0.29, 0.717) is 0 Å². The number of rotatable bonds is 2. The van der Waals surface area contributed by atoms with Gasteiger partial charge >= 0.3 is 0 Å². The van der Waals surface area contributed by atoms with Gasteiger partial charge in [-0.2, -0.15) is 0 Å². The van der Waals surface area contributed by atoms with Gasteiger partial charge in [0.1, 0.15) is 0 Å². The summed E-state index contributed by atoms with van der Waals surface area (Å²) in [7, 11) is 0. The van der Waals surface area contributed by atoms with E-state index < -0.39 is 0 Å². The van der Waals surface area contributed by atoms with Crippen molar-refractivity contribution in [1.29, 1.82) is 0 Å². The predicted octanol–water partition coefficient (Wildman–Crippen LogP) is 3.67. The van der Waals surface area contributed by atoms with Crippen molar-refractivity contribution in [3.8, 4) is 0 Å². The summed E-state index contributed by atoms with van der Waals surface area (Å²) in [4.78, 5) is 2.71. The lowest BCUT2D eigenvalue weighted by Crippen LogP contribution is -2.36. The fourth-order valence-corrected chi connectivity index (χ4v) is 4.23. The highest BCUT2D eigenvalue weighted by Crippen LogP contribution is 2.36. The number of likely N-dealkylation sites (tertiary alicyclic amines) is 1.